The molecule has 2 amide bonds. The number of rotatable bonds is 4. The van der Waals surface area contributed by atoms with Crippen molar-refractivity contribution in [3.63, 3.8) is 0 Å². The van der Waals surface area contributed by atoms with Crippen LogP contribution >= 0.6 is 0 Å². The molecule has 1 aromatic carbocycles. The van der Waals surface area contributed by atoms with Crippen LogP contribution in [0.1, 0.15) is 18.4 Å². The van der Waals surface area contributed by atoms with Crippen molar-refractivity contribution in [2.75, 3.05) is 39.7 Å². The number of benzene rings is 1. The molecule has 146 valence electrons. The van der Waals surface area contributed by atoms with Gasteiger partial charge in [0.05, 0.1) is 19.6 Å². The number of carbonyl (C=O) groups excluding carboxylic acids is 2. The first-order valence-corrected chi connectivity index (χ1v) is 9.35. The molecule has 0 radical (unpaired) electrons. The van der Waals surface area contributed by atoms with Gasteiger partial charge in [-0.2, -0.15) is 0 Å². The Balaban J connectivity index is 1.31. The molecule has 0 bridgehead atoms. The van der Waals surface area contributed by atoms with Crippen molar-refractivity contribution in [2.24, 2.45) is 0 Å². The van der Waals surface area contributed by atoms with Crippen molar-refractivity contribution in [1.29, 1.82) is 0 Å². The van der Waals surface area contributed by atoms with Gasteiger partial charge in [-0.15, -0.1) is 0 Å². The summed E-state index contributed by atoms with van der Waals surface area (Å²) < 4.78 is 21.6. The smallest absolute Gasteiger partial charge is 0.251 e. The molecule has 1 unspecified atom stereocenters. The van der Waals surface area contributed by atoms with Crippen molar-refractivity contribution in [1.82, 2.24) is 10.2 Å². The molecule has 8 heteroatoms. The van der Waals surface area contributed by atoms with Crippen LogP contribution in [-0.2, 0) is 25.5 Å². The predicted octanol–water partition coefficient (Wildman–Crippen LogP) is 0.480. The van der Waals surface area contributed by atoms with E-state index in [-0.39, 0.29) is 37.6 Å². The van der Waals surface area contributed by atoms with Gasteiger partial charge in [-0.1, -0.05) is 6.07 Å². The maximum Gasteiger partial charge on any atom is 0.251 e. The fraction of sp³-hybridized carbons (Fsp3) is 0.579. The lowest BCUT2D eigenvalue weighted by molar-refractivity contribution is -0.147. The normalized spacial score (nSPS) is 22.5. The van der Waals surface area contributed by atoms with Crippen molar-refractivity contribution in [3.8, 4) is 11.5 Å². The minimum Gasteiger partial charge on any atom is -0.454 e. The lowest BCUT2D eigenvalue weighted by atomic mass is 10.1. The van der Waals surface area contributed by atoms with E-state index in [9.17, 15) is 9.59 Å². The van der Waals surface area contributed by atoms with E-state index in [4.69, 9.17) is 18.9 Å². The zero-order valence-electron chi connectivity index (χ0n) is 15.1. The van der Waals surface area contributed by atoms with Crippen LogP contribution in [0.4, 0.5) is 0 Å². The van der Waals surface area contributed by atoms with Crippen LogP contribution in [0.15, 0.2) is 18.2 Å². The van der Waals surface area contributed by atoms with Crippen LogP contribution in [0.3, 0.4) is 0 Å². The maximum atomic E-state index is 12.7. The second-order valence-corrected chi connectivity index (χ2v) is 6.96. The van der Waals surface area contributed by atoms with Gasteiger partial charge in [-0.05, 0) is 30.5 Å². The first kappa shape index (κ1) is 18.1. The second kappa shape index (κ2) is 8.14. The molecular formula is C19H24N2O6. The lowest BCUT2D eigenvalue weighted by Crippen LogP contribution is -2.54. The summed E-state index contributed by atoms with van der Waals surface area (Å²) >= 11 is 0. The standard InChI is InChI=1S/C19H24N2O6/c22-18(10-13-1-2-15-16(9-13)27-12-26-15)21-5-8-25-17(11-21)19(23)20-14-3-6-24-7-4-14/h1-2,9,14,17H,3-8,10-12H2,(H,20,23). The number of hydrogen-bond donors (Lipinski definition) is 1. The number of carbonyl (C=O) groups is 2. The van der Waals surface area contributed by atoms with E-state index in [1.165, 1.54) is 0 Å². The average molecular weight is 376 g/mol. The molecule has 1 atom stereocenters. The van der Waals surface area contributed by atoms with Crippen LogP contribution < -0.4 is 14.8 Å². The molecule has 3 aliphatic rings. The quantitative estimate of drug-likeness (QED) is 0.823. The molecule has 2 saturated heterocycles. The molecule has 27 heavy (non-hydrogen) atoms. The topological polar surface area (TPSA) is 86.3 Å². The highest BCUT2D eigenvalue weighted by Gasteiger charge is 2.30. The van der Waals surface area contributed by atoms with E-state index in [0.717, 1.165) is 18.4 Å². The summed E-state index contributed by atoms with van der Waals surface area (Å²) in [6, 6.07) is 5.63. The largest absolute Gasteiger partial charge is 0.454 e. The van der Waals surface area contributed by atoms with E-state index < -0.39 is 6.10 Å². The van der Waals surface area contributed by atoms with Gasteiger partial charge in [0.1, 0.15) is 0 Å². The Bertz CT molecular complexity index is 703. The monoisotopic (exact) mass is 376 g/mol. The summed E-state index contributed by atoms with van der Waals surface area (Å²) in [6.07, 6.45) is 1.25. The third-order valence-corrected chi connectivity index (χ3v) is 5.07. The number of ether oxygens (including phenoxy) is 4. The van der Waals surface area contributed by atoms with Gasteiger partial charge in [0, 0.05) is 25.8 Å². The van der Waals surface area contributed by atoms with Crippen molar-refractivity contribution in [3.05, 3.63) is 23.8 Å². The van der Waals surface area contributed by atoms with Crippen LogP contribution in [0.25, 0.3) is 0 Å². The molecule has 3 heterocycles. The first-order valence-electron chi connectivity index (χ1n) is 9.35. The molecule has 8 nitrogen and oxygen atoms in total. The SMILES string of the molecule is O=C(NC1CCOCC1)C1CN(C(=O)Cc2ccc3c(c2)OCO3)CCO1. The fourth-order valence-electron chi connectivity index (χ4n) is 3.51. The summed E-state index contributed by atoms with van der Waals surface area (Å²) in [5.41, 5.74) is 0.860. The summed E-state index contributed by atoms with van der Waals surface area (Å²) in [5, 5.41) is 3.01. The van der Waals surface area contributed by atoms with E-state index in [2.05, 4.69) is 5.32 Å². The highest BCUT2D eigenvalue weighted by molar-refractivity contribution is 5.84. The van der Waals surface area contributed by atoms with Crippen molar-refractivity contribution < 1.29 is 28.5 Å². The zero-order chi connectivity index (χ0) is 18.6. The summed E-state index contributed by atoms with van der Waals surface area (Å²) in [4.78, 5) is 26.8. The highest BCUT2D eigenvalue weighted by Crippen LogP contribution is 2.32. The highest BCUT2D eigenvalue weighted by atomic mass is 16.7. The first-order chi connectivity index (χ1) is 13.2. The Hall–Kier alpha value is -2.32. The Kier molecular flexibility index (Phi) is 5.45. The lowest BCUT2D eigenvalue weighted by Gasteiger charge is -2.33. The van der Waals surface area contributed by atoms with Crippen LogP contribution in [0.5, 0.6) is 11.5 Å². The van der Waals surface area contributed by atoms with E-state index in [0.29, 0.717) is 37.9 Å². The summed E-state index contributed by atoms with van der Waals surface area (Å²) in [5.74, 6) is 1.18. The maximum absolute atomic E-state index is 12.7. The third-order valence-electron chi connectivity index (χ3n) is 5.07. The van der Waals surface area contributed by atoms with Gasteiger partial charge in [0.25, 0.3) is 5.91 Å². The van der Waals surface area contributed by atoms with Crippen LogP contribution in [0, 0.1) is 0 Å². The number of morpholine rings is 1. The van der Waals surface area contributed by atoms with Gasteiger partial charge in [0.2, 0.25) is 12.7 Å². The molecule has 1 N–H and O–H groups in total. The molecule has 0 spiro atoms. The average Bonchev–Trinajstić information content (AvgIpc) is 3.16. The Morgan fingerprint density at radius 1 is 1.11 bits per heavy atom. The number of nitrogens with one attached hydrogen (secondary N) is 1. The predicted molar refractivity (Wildman–Crippen MR) is 94.6 cm³/mol. The summed E-state index contributed by atoms with van der Waals surface area (Å²) in [6.45, 7) is 2.66. The molecule has 2 fully saturated rings. The molecule has 4 rings (SSSR count). The molecule has 1 aromatic rings. The van der Waals surface area contributed by atoms with E-state index in [1.807, 2.05) is 18.2 Å². The minimum atomic E-state index is -0.623. The Labute approximate surface area is 157 Å². The molecule has 0 saturated carbocycles. The Morgan fingerprint density at radius 2 is 1.93 bits per heavy atom. The van der Waals surface area contributed by atoms with Crippen LogP contribution in [-0.4, -0.2) is 68.6 Å². The van der Waals surface area contributed by atoms with Gasteiger partial charge >= 0.3 is 0 Å². The third kappa shape index (κ3) is 4.33. The van der Waals surface area contributed by atoms with Gasteiger partial charge < -0.3 is 29.2 Å². The van der Waals surface area contributed by atoms with Gasteiger partial charge in [0.15, 0.2) is 17.6 Å². The number of fused-ring (bicyclic) bond motifs is 1. The molecule has 0 aromatic heterocycles. The van der Waals surface area contributed by atoms with Crippen molar-refractivity contribution in [2.45, 2.75) is 31.4 Å². The van der Waals surface area contributed by atoms with Crippen LogP contribution in [0.2, 0.25) is 0 Å². The van der Waals surface area contributed by atoms with E-state index >= 15 is 0 Å². The summed E-state index contributed by atoms with van der Waals surface area (Å²) in [7, 11) is 0. The van der Waals surface area contributed by atoms with E-state index in [1.54, 1.807) is 4.90 Å². The van der Waals surface area contributed by atoms with Crippen molar-refractivity contribution >= 4 is 11.8 Å². The Morgan fingerprint density at radius 3 is 2.78 bits per heavy atom. The minimum absolute atomic E-state index is 0.0268. The fourth-order valence-corrected chi connectivity index (χ4v) is 3.51. The van der Waals surface area contributed by atoms with Gasteiger partial charge in [-0.3, -0.25) is 9.59 Å². The number of hydrogen-bond acceptors (Lipinski definition) is 6. The van der Waals surface area contributed by atoms with Gasteiger partial charge in [-0.25, -0.2) is 0 Å². The molecule has 3 aliphatic heterocycles. The number of amides is 2. The zero-order valence-corrected chi connectivity index (χ0v) is 15.1. The molecule has 0 aliphatic carbocycles. The second-order valence-electron chi connectivity index (χ2n) is 6.96. The number of nitrogens with zero attached hydrogens (tertiary/aromatic N) is 1. The molecular weight excluding hydrogens is 352 g/mol.